The summed E-state index contributed by atoms with van der Waals surface area (Å²) < 4.78 is 0. The lowest BCUT2D eigenvalue weighted by atomic mass is 10.1. The summed E-state index contributed by atoms with van der Waals surface area (Å²) in [5, 5.41) is 11.6. The highest BCUT2D eigenvalue weighted by Gasteiger charge is 2.11. The molecule has 0 aliphatic heterocycles. The number of rotatable bonds is 4. The summed E-state index contributed by atoms with van der Waals surface area (Å²) in [6.07, 6.45) is 0. The van der Waals surface area contributed by atoms with Crippen LogP contribution in [0.25, 0.3) is 11.3 Å². The van der Waals surface area contributed by atoms with E-state index in [0.29, 0.717) is 27.8 Å². The van der Waals surface area contributed by atoms with Gasteiger partial charge in [0.05, 0.1) is 11.4 Å². The second-order valence-corrected chi connectivity index (χ2v) is 5.87. The van der Waals surface area contributed by atoms with Crippen LogP contribution in [-0.2, 0) is 0 Å². The van der Waals surface area contributed by atoms with Crippen LogP contribution in [0.5, 0.6) is 0 Å². The Morgan fingerprint density at radius 1 is 1.20 bits per heavy atom. The number of nitrogen functional groups attached to an aromatic ring is 1. The number of aromatic nitrogens is 2. The molecule has 0 unspecified atom stereocenters. The molecule has 0 aliphatic carbocycles. The molecule has 0 fully saturated rings. The fourth-order valence-electron chi connectivity index (χ4n) is 2.23. The molecule has 2 aromatic carbocycles. The van der Waals surface area contributed by atoms with E-state index < -0.39 is 0 Å². The molecule has 25 heavy (non-hydrogen) atoms. The topological polar surface area (TPSA) is 96.2 Å². The van der Waals surface area contributed by atoms with Crippen LogP contribution in [-0.4, -0.2) is 21.8 Å². The molecule has 126 valence electrons. The van der Waals surface area contributed by atoms with Crippen molar-refractivity contribution in [1.29, 1.82) is 0 Å². The number of amides is 1. The van der Waals surface area contributed by atoms with Gasteiger partial charge in [0.2, 0.25) is 0 Å². The fourth-order valence-corrected chi connectivity index (χ4v) is 2.36. The van der Waals surface area contributed by atoms with E-state index in [0.717, 1.165) is 11.1 Å². The number of H-pyrrole nitrogens is 1. The summed E-state index contributed by atoms with van der Waals surface area (Å²) in [6.45, 7) is 1.79. The van der Waals surface area contributed by atoms with Crippen molar-refractivity contribution >= 4 is 28.9 Å². The van der Waals surface area contributed by atoms with Gasteiger partial charge in [-0.15, -0.1) is 0 Å². The quantitative estimate of drug-likeness (QED) is 0.380. The molecule has 3 aromatic rings. The monoisotopic (exact) mass is 353 g/mol. The van der Waals surface area contributed by atoms with Crippen molar-refractivity contribution in [3.63, 3.8) is 0 Å². The second-order valence-electron chi connectivity index (χ2n) is 5.44. The first kappa shape index (κ1) is 16.7. The molecule has 1 aromatic heterocycles. The first-order chi connectivity index (χ1) is 12.0. The molecule has 4 N–H and O–H groups in total. The first-order valence-electron chi connectivity index (χ1n) is 7.55. The van der Waals surface area contributed by atoms with Gasteiger partial charge in [-0.05, 0) is 42.8 Å². The van der Waals surface area contributed by atoms with Gasteiger partial charge in [-0.2, -0.15) is 10.2 Å². The highest BCUT2D eigenvalue weighted by molar-refractivity contribution is 6.30. The smallest absolute Gasteiger partial charge is 0.289 e. The minimum absolute atomic E-state index is 0.314. The molecular formula is C18H16ClN5O. The minimum atomic E-state index is -0.379. The number of hydrogen-bond donors (Lipinski definition) is 3. The van der Waals surface area contributed by atoms with E-state index in [1.54, 1.807) is 37.3 Å². The summed E-state index contributed by atoms with van der Waals surface area (Å²) in [6, 6.07) is 16.1. The molecule has 0 saturated carbocycles. The van der Waals surface area contributed by atoms with Crippen molar-refractivity contribution in [3.8, 4) is 11.3 Å². The van der Waals surface area contributed by atoms with Gasteiger partial charge in [0.15, 0.2) is 0 Å². The Hall–Kier alpha value is -3.12. The van der Waals surface area contributed by atoms with Crippen molar-refractivity contribution < 1.29 is 4.79 Å². The second kappa shape index (κ2) is 7.19. The molecule has 1 amide bonds. The van der Waals surface area contributed by atoms with Gasteiger partial charge in [-0.1, -0.05) is 35.9 Å². The molecule has 7 heteroatoms. The zero-order chi connectivity index (χ0) is 17.8. The van der Waals surface area contributed by atoms with Crippen LogP contribution in [0, 0.1) is 0 Å². The van der Waals surface area contributed by atoms with Crippen molar-refractivity contribution in [3.05, 3.63) is 70.9 Å². The van der Waals surface area contributed by atoms with Crippen molar-refractivity contribution in [1.82, 2.24) is 15.6 Å². The Labute approximate surface area is 149 Å². The summed E-state index contributed by atoms with van der Waals surface area (Å²) >= 11 is 5.87. The number of carbonyl (C=O) groups excluding carboxylic acids is 1. The van der Waals surface area contributed by atoms with Crippen LogP contribution >= 0.6 is 11.6 Å². The summed E-state index contributed by atoms with van der Waals surface area (Å²) in [5.74, 6) is -0.379. The number of hydrogen-bond acceptors (Lipinski definition) is 4. The zero-order valence-corrected chi connectivity index (χ0v) is 14.2. The maximum absolute atomic E-state index is 12.2. The van der Waals surface area contributed by atoms with Crippen molar-refractivity contribution in [2.45, 2.75) is 6.92 Å². The number of halogens is 1. The van der Waals surface area contributed by atoms with Crippen LogP contribution < -0.4 is 11.2 Å². The third-order valence-electron chi connectivity index (χ3n) is 3.59. The SMILES string of the molecule is CC(=NNC(=O)c1cc(-c2ccc(Cl)cc2)n[nH]1)c1cccc(N)c1. The van der Waals surface area contributed by atoms with Gasteiger partial charge >= 0.3 is 0 Å². The average molecular weight is 354 g/mol. The van der Waals surface area contributed by atoms with Crippen LogP contribution in [0.1, 0.15) is 23.0 Å². The Morgan fingerprint density at radius 3 is 2.68 bits per heavy atom. The van der Waals surface area contributed by atoms with E-state index in [2.05, 4.69) is 20.7 Å². The van der Waals surface area contributed by atoms with E-state index >= 15 is 0 Å². The van der Waals surface area contributed by atoms with Crippen LogP contribution in [0.2, 0.25) is 5.02 Å². The number of nitrogens with two attached hydrogens (primary N) is 1. The third-order valence-corrected chi connectivity index (χ3v) is 3.84. The third kappa shape index (κ3) is 4.05. The summed E-state index contributed by atoms with van der Waals surface area (Å²) in [4.78, 5) is 12.2. The maximum atomic E-state index is 12.2. The number of carbonyl (C=O) groups is 1. The van der Waals surface area contributed by atoms with Crippen molar-refractivity contribution in [2.75, 3.05) is 5.73 Å². The molecule has 0 spiro atoms. The number of benzene rings is 2. The van der Waals surface area contributed by atoms with Crippen LogP contribution in [0.15, 0.2) is 59.7 Å². The Bertz CT molecular complexity index is 931. The van der Waals surface area contributed by atoms with Crippen molar-refractivity contribution in [2.24, 2.45) is 5.10 Å². The normalized spacial score (nSPS) is 11.4. The van der Waals surface area contributed by atoms with E-state index in [1.165, 1.54) is 0 Å². The minimum Gasteiger partial charge on any atom is -0.399 e. The lowest BCUT2D eigenvalue weighted by molar-refractivity contribution is 0.0950. The number of nitrogens with zero attached hydrogens (tertiary/aromatic N) is 2. The first-order valence-corrected chi connectivity index (χ1v) is 7.92. The van der Waals surface area contributed by atoms with Gasteiger partial charge in [-0.25, -0.2) is 5.43 Å². The molecule has 0 bridgehead atoms. The highest BCUT2D eigenvalue weighted by Crippen LogP contribution is 2.20. The van der Waals surface area contributed by atoms with Gasteiger partial charge in [0, 0.05) is 16.3 Å². The predicted molar refractivity (Wildman–Crippen MR) is 99.6 cm³/mol. The van der Waals surface area contributed by atoms with Gasteiger partial charge in [0.25, 0.3) is 5.91 Å². The molecule has 0 atom stereocenters. The summed E-state index contributed by atoms with van der Waals surface area (Å²) in [5.41, 5.74) is 12.2. The lowest BCUT2D eigenvalue weighted by Gasteiger charge is -2.02. The molecule has 3 rings (SSSR count). The number of hydrazone groups is 1. The molecule has 6 nitrogen and oxygen atoms in total. The van der Waals surface area contributed by atoms with E-state index in [9.17, 15) is 4.79 Å². The Kier molecular flexibility index (Phi) is 4.81. The summed E-state index contributed by atoms with van der Waals surface area (Å²) in [7, 11) is 0. The molecular weight excluding hydrogens is 338 g/mol. The zero-order valence-electron chi connectivity index (χ0n) is 13.5. The average Bonchev–Trinajstić information content (AvgIpc) is 3.10. The van der Waals surface area contributed by atoms with Crippen LogP contribution in [0.4, 0.5) is 5.69 Å². The number of nitrogens with one attached hydrogen (secondary N) is 2. The van der Waals surface area contributed by atoms with E-state index in [4.69, 9.17) is 17.3 Å². The number of aromatic amines is 1. The van der Waals surface area contributed by atoms with Gasteiger partial charge in [-0.3, -0.25) is 9.89 Å². The molecule has 0 radical (unpaired) electrons. The fraction of sp³-hybridized carbons (Fsp3) is 0.0556. The van der Waals surface area contributed by atoms with Gasteiger partial charge in [0.1, 0.15) is 5.69 Å². The van der Waals surface area contributed by atoms with Crippen LogP contribution in [0.3, 0.4) is 0 Å². The highest BCUT2D eigenvalue weighted by atomic mass is 35.5. The molecule has 1 heterocycles. The molecule has 0 saturated heterocycles. The van der Waals surface area contributed by atoms with E-state index in [1.807, 2.05) is 24.3 Å². The predicted octanol–water partition coefficient (Wildman–Crippen LogP) is 3.47. The van der Waals surface area contributed by atoms with E-state index in [-0.39, 0.29) is 5.91 Å². The Morgan fingerprint density at radius 2 is 1.96 bits per heavy atom. The van der Waals surface area contributed by atoms with Gasteiger partial charge < -0.3 is 5.73 Å². The largest absolute Gasteiger partial charge is 0.399 e. The molecule has 0 aliphatic rings. The number of anilines is 1. The standard InChI is InChI=1S/C18H16ClN5O/c1-11(13-3-2-4-15(20)9-13)21-24-18(25)17-10-16(22-23-17)12-5-7-14(19)8-6-12/h2-10H,20H2,1H3,(H,22,23)(H,24,25). The lowest BCUT2D eigenvalue weighted by Crippen LogP contribution is -2.19. The maximum Gasteiger partial charge on any atom is 0.289 e. The Balaban J connectivity index is 1.71.